The molecule has 2 nitrogen and oxygen atoms in total. The molecule has 0 heterocycles. The number of aromatic hydroxyl groups is 1. The van der Waals surface area contributed by atoms with Crippen LogP contribution in [0.5, 0.6) is 5.75 Å². The highest BCUT2D eigenvalue weighted by Crippen LogP contribution is 2.32. The van der Waals surface area contributed by atoms with Crippen molar-refractivity contribution in [1.29, 1.82) is 0 Å². The Kier molecular flexibility index (Phi) is 1.43. The van der Waals surface area contributed by atoms with Crippen molar-refractivity contribution in [1.82, 2.24) is 0 Å². The minimum absolute atomic E-state index is 0.0355. The fourth-order valence-corrected chi connectivity index (χ4v) is 1.71. The molecule has 1 aliphatic rings. The Balaban J connectivity index is 2.62. The second-order valence-corrected chi connectivity index (χ2v) is 3.28. The molecule has 1 aromatic carbocycles. The smallest absolute Gasteiger partial charge is 0.169 e. The third-order valence-electron chi connectivity index (χ3n) is 2.35. The van der Waals surface area contributed by atoms with Gasteiger partial charge in [-0.05, 0) is 18.1 Å². The molecule has 2 heteroatoms. The predicted molar refractivity (Wildman–Crippen MR) is 45.3 cm³/mol. The van der Waals surface area contributed by atoms with E-state index in [1.165, 1.54) is 0 Å². The van der Waals surface area contributed by atoms with Gasteiger partial charge < -0.3 is 5.11 Å². The molecular formula is C10H10O2. The minimum Gasteiger partial charge on any atom is -0.507 e. The van der Waals surface area contributed by atoms with Crippen molar-refractivity contribution in [2.75, 3.05) is 0 Å². The summed E-state index contributed by atoms with van der Waals surface area (Å²) in [5, 5.41) is 9.40. The standard InChI is InChI=1S/C10H10O2/c1-6-5-7-3-2-4-8(11)9(7)10(6)12/h2-4,6,11H,5H2,1H3. The van der Waals surface area contributed by atoms with Crippen molar-refractivity contribution in [3.8, 4) is 5.75 Å². The number of rotatable bonds is 0. The first-order valence-electron chi connectivity index (χ1n) is 4.05. The molecule has 12 heavy (non-hydrogen) atoms. The Hall–Kier alpha value is -1.31. The largest absolute Gasteiger partial charge is 0.507 e. The van der Waals surface area contributed by atoms with Gasteiger partial charge in [0.1, 0.15) is 5.75 Å². The third kappa shape index (κ3) is 0.843. The minimum atomic E-state index is 0.0355. The van der Waals surface area contributed by atoms with E-state index in [4.69, 9.17) is 0 Å². The predicted octanol–water partition coefficient (Wildman–Crippen LogP) is 1.77. The summed E-state index contributed by atoms with van der Waals surface area (Å²) in [5.74, 6) is 0.234. The summed E-state index contributed by atoms with van der Waals surface area (Å²) in [4.78, 5) is 11.5. The summed E-state index contributed by atoms with van der Waals surface area (Å²) in [6.07, 6.45) is 0.766. The number of phenolic OH excluding ortho intramolecular Hbond substituents is 1. The van der Waals surface area contributed by atoms with Crippen LogP contribution in [0.4, 0.5) is 0 Å². The fourth-order valence-electron chi connectivity index (χ4n) is 1.71. The topological polar surface area (TPSA) is 37.3 Å². The molecule has 1 unspecified atom stereocenters. The molecule has 0 aliphatic heterocycles. The molecule has 2 rings (SSSR count). The number of phenols is 1. The van der Waals surface area contributed by atoms with Gasteiger partial charge in [-0.2, -0.15) is 0 Å². The SMILES string of the molecule is CC1Cc2cccc(O)c2C1=O. The van der Waals surface area contributed by atoms with Gasteiger partial charge in [-0.3, -0.25) is 4.79 Å². The Bertz CT molecular complexity index is 342. The maximum atomic E-state index is 11.5. The van der Waals surface area contributed by atoms with Crippen molar-refractivity contribution in [2.45, 2.75) is 13.3 Å². The van der Waals surface area contributed by atoms with Gasteiger partial charge in [-0.1, -0.05) is 19.1 Å². The number of fused-ring (bicyclic) bond motifs is 1. The van der Waals surface area contributed by atoms with Gasteiger partial charge in [0, 0.05) is 5.92 Å². The molecule has 0 bridgehead atoms. The molecule has 0 saturated heterocycles. The zero-order valence-corrected chi connectivity index (χ0v) is 6.87. The van der Waals surface area contributed by atoms with Crippen LogP contribution >= 0.6 is 0 Å². The molecule has 1 aromatic rings. The van der Waals surface area contributed by atoms with E-state index in [1.807, 2.05) is 13.0 Å². The lowest BCUT2D eigenvalue weighted by Gasteiger charge is -1.98. The molecule has 62 valence electrons. The first-order valence-corrected chi connectivity index (χ1v) is 4.05. The number of carbonyl (C=O) groups is 1. The molecule has 0 fully saturated rings. The monoisotopic (exact) mass is 162 g/mol. The first kappa shape index (κ1) is 7.35. The summed E-state index contributed by atoms with van der Waals surface area (Å²) in [6.45, 7) is 1.89. The first-order chi connectivity index (χ1) is 5.70. The lowest BCUT2D eigenvalue weighted by Crippen LogP contribution is -2.03. The molecule has 0 amide bonds. The highest BCUT2D eigenvalue weighted by Gasteiger charge is 2.28. The molecule has 0 aromatic heterocycles. The van der Waals surface area contributed by atoms with Crippen LogP contribution in [0.3, 0.4) is 0 Å². The van der Waals surface area contributed by atoms with Gasteiger partial charge in [-0.25, -0.2) is 0 Å². The fraction of sp³-hybridized carbons (Fsp3) is 0.300. The number of benzene rings is 1. The number of ketones is 1. The average Bonchev–Trinajstić information content (AvgIpc) is 2.29. The van der Waals surface area contributed by atoms with E-state index in [2.05, 4.69) is 0 Å². The normalized spacial score (nSPS) is 21.1. The Morgan fingerprint density at radius 3 is 2.92 bits per heavy atom. The zero-order valence-electron chi connectivity index (χ0n) is 6.87. The Labute approximate surface area is 70.8 Å². The zero-order chi connectivity index (χ0) is 8.72. The lowest BCUT2D eigenvalue weighted by molar-refractivity contribution is 0.0944. The Morgan fingerprint density at radius 2 is 2.25 bits per heavy atom. The molecule has 1 aliphatic carbocycles. The van der Waals surface area contributed by atoms with E-state index in [1.54, 1.807) is 12.1 Å². The van der Waals surface area contributed by atoms with Crippen molar-refractivity contribution in [2.24, 2.45) is 5.92 Å². The van der Waals surface area contributed by atoms with Gasteiger partial charge in [0.25, 0.3) is 0 Å². The van der Waals surface area contributed by atoms with Crippen molar-refractivity contribution in [3.05, 3.63) is 29.3 Å². The van der Waals surface area contributed by atoms with Gasteiger partial charge in [0.2, 0.25) is 0 Å². The Morgan fingerprint density at radius 1 is 1.50 bits per heavy atom. The maximum absolute atomic E-state index is 11.5. The van der Waals surface area contributed by atoms with E-state index in [0.717, 1.165) is 12.0 Å². The van der Waals surface area contributed by atoms with Crippen LogP contribution < -0.4 is 0 Å². The molecule has 0 saturated carbocycles. The highest BCUT2D eigenvalue weighted by atomic mass is 16.3. The van der Waals surface area contributed by atoms with Crippen LogP contribution in [0, 0.1) is 5.92 Å². The summed E-state index contributed by atoms with van der Waals surface area (Å²) < 4.78 is 0. The van der Waals surface area contributed by atoms with Crippen LogP contribution in [-0.2, 0) is 6.42 Å². The summed E-state index contributed by atoms with van der Waals surface area (Å²) in [7, 11) is 0. The quantitative estimate of drug-likeness (QED) is 0.631. The number of hydrogen-bond donors (Lipinski definition) is 1. The van der Waals surface area contributed by atoms with Crippen LogP contribution in [0.15, 0.2) is 18.2 Å². The molecule has 1 atom stereocenters. The van der Waals surface area contributed by atoms with Gasteiger partial charge in [-0.15, -0.1) is 0 Å². The van der Waals surface area contributed by atoms with E-state index in [-0.39, 0.29) is 17.5 Å². The number of carbonyl (C=O) groups excluding carboxylic acids is 1. The number of hydrogen-bond acceptors (Lipinski definition) is 2. The van der Waals surface area contributed by atoms with E-state index < -0.39 is 0 Å². The van der Waals surface area contributed by atoms with Gasteiger partial charge in [0.15, 0.2) is 5.78 Å². The van der Waals surface area contributed by atoms with Crippen LogP contribution in [-0.4, -0.2) is 10.9 Å². The summed E-state index contributed by atoms with van der Waals surface area (Å²) in [5.41, 5.74) is 1.51. The van der Waals surface area contributed by atoms with E-state index in [9.17, 15) is 9.90 Å². The molecular weight excluding hydrogens is 152 g/mol. The van der Waals surface area contributed by atoms with Crippen LogP contribution in [0.25, 0.3) is 0 Å². The van der Waals surface area contributed by atoms with Crippen molar-refractivity contribution in [3.63, 3.8) is 0 Å². The second-order valence-electron chi connectivity index (χ2n) is 3.28. The lowest BCUT2D eigenvalue weighted by atomic mass is 10.1. The van der Waals surface area contributed by atoms with Gasteiger partial charge >= 0.3 is 0 Å². The van der Waals surface area contributed by atoms with Gasteiger partial charge in [0.05, 0.1) is 5.56 Å². The highest BCUT2D eigenvalue weighted by molar-refractivity contribution is 6.04. The maximum Gasteiger partial charge on any atom is 0.169 e. The van der Waals surface area contributed by atoms with Crippen molar-refractivity contribution >= 4 is 5.78 Å². The van der Waals surface area contributed by atoms with Crippen LogP contribution in [0.2, 0.25) is 0 Å². The molecule has 1 N–H and O–H groups in total. The number of Topliss-reactive ketones (excluding diaryl/α,β-unsaturated/α-hetero) is 1. The summed E-state index contributed by atoms with van der Waals surface area (Å²) >= 11 is 0. The average molecular weight is 162 g/mol. The summed E-state index contributed by atoms with van der Waals surface area (Å²) in [6, 6.07) is 5.24. The second kappa shape index (κ2) is 2.34. The van der Waals surface area contributed by atoms with E-state index >= 15 is 0 Å². The van der Waals surface area contributed by atoms with E-state index in [0.29, 0.717) is 5.56 Å². The van der Waals surface area contributed by atoms with Crippen molar-refractivity contribution < 1.29 is 9.90 Å². The molecule has 0 spiro atoms. The van der Waals surface area contributed by atoms with Crippen LogP contribution in [0.1, 0.15) is 22.8 Å². The molecule has 0 radical (unpaired) electrons. The third-order valence-corrected chi connectivity index (χ3v) is 2.35.